The van der Waals surface area contributed by atoms with Gasteiger partial charge in [0.2, 0.25) is 0 Å². The van der Waals surface area contributed by atoms with Crippen molar-refractivity contribution in [3.05, 3.63) is 0 Å². The van der Waals surface area contributed by atoms with Crippen molar-refractivity contribution < 1.29 is 4.74 Å². The maximum absolute atomic E-state index is 5.47. The number of likely N-dealkylation sites (N-methyl/N-ethyl adjacent to an activating group) is 1. The normalized spacial score (nSPS) is 21.4. The third kappa shape index (κ3) is 7.94. The highest BCUT2D eigenvalue weighted by atomic mass is 16.5. The van der Waals surface area contributed by atoms with Gasteiger partial charge in [-0.2, -0.15) is 0 Å². The zero-order valence-corrected chi connectivity index (χ0v) is 18.1. The van der Waals surface area contributed by atoms with E-state index in [1.54, 1.807) is 0 Å². The summed E-state index contributed by atoms with van der Waals surface area (Å²) in [5, 5.41) is 6.97. The van der Waals surface area contributed by atoms with Gasteiger partial charge in [0.25, 0.3) is 0 Å². The van der Waals surface area contributed by atoms with Crippen LogP contribution in [0.2, 0.25) is 0 Å². The molecule has 0 saturated carbocycles. The fraction of sp³-hybridized carbons (Fsp3) is 0.950. The summed E-state index contributed by atoms with van der Waals surface area (Å²) in [4.78, 5) is 12.0. The highest BCUT2D eigenvalue weighted by molar-refractivity contribution is 5.79. The molecular formula is C20H42N6O. The third-order valence-corrected chi connectivity index (χ3v) is 5.88. The van der Waals surface area contributed by atoms with E-state index < -0.39 is 0 Å². The minimum atomic E-state index is 0.0992. The molecule has 27 heavy (non-hydrogen) atoms. The first-order chi connectivity index (χ1) is 13.0. The standard InChI is InChI=1S/C20H42N6O/c1-5-24-10-12-25(13-11-24)9-7-6-8-22-19(21-4)23-18-20(2,3)26-14-16-27-17-15-26/h5-18H2,1-4H3,(H2,21,22,23). The molecule has 7 nitrogen and oxygen atoms in total. The van der Waals surface area contributed by atoms with E-state index in [2.05, 4.69) is 51.1 Å². The maximum Gasteiger partial charge on any atom is 0.191 e. The Hall–Kier alpha value is -0.890. The Labute approximate surface area is 166 Å². The summed E-state index contributed by atoms with van der Waals surface area (Å²) >= 11 is 0. The molecule has 0 aromatic carbocycles. The predicted octanol–water partition coefficient (Wildman–Crippen LogP) is 0.680. The van der Waals surface area contributed by atoms with Crippen LogP contribution in [0.3, 0.4) is 0 Å². The van der Waals surface area contributed by atoms with Crippen LogP contribution < -0.4 is 10.6 Å². The Bertz CT molecular complexity index is 428. The van der Waals surface area contributed by atoms with E-state index in [-0.39, 0.29) is 5.54 Å². The molecule has 2 N–H and O–H groups in total. The summed E-state index contributed by atoms with van der Waals surface area (Å²) in [5.41, 5.74) is 0.0992. The zero-order chi connectivity index (χ0) is 19.5. The number of nitrogens with zero attached hydrogens (tertiary/aromatic N) is 4. The van der Waals surface area contributed by atoms with Crippen molar-refractivity contribution in [1.82, 2.24) is 25.3 Å². The highest BCUT2D eigenvalue weighted by Crippen LogP contribution is 2.14. The Morgan fingerprint density at radius 1 is 0.963 bits per heavy atom. The summed E-state index contributed by atoms with van der Waals surface area (Å²) in [6, 6.07) is 0. The molecule has 0 atom stereocenters. The second-order valence-corrected chi connectivity index (χ2v) is 8.25. The van der Waals surface area contributed by atoms with Crippen LogP contribution >= 0.6 is 0 Å². The summed E-state index contributed by atoms with van der Waals surface area (Å²) in [7, 11) is 1.85. The van der Waals surface area contributed by atoms with Crippen LogP contribution in [0.15, 0.2) is 4.99 Å². The van der Waals surface area contributed by atoms with Gasteiger partial charge in [-0.25, -0.2) is 0 Å². The van der Waals surface area contributed by atoms with Gasteiger partial charge in [0.05, 0.1) is 13.2 Å². The van der Waals surface area contributed by atoms with E-state index in [0.29, 0.717) is 0 Å². The lowest BCUT2D eigenvalue weighted by Crippen LogP contribution is -2.56. The lowest BCUT2D eigenvalue weighted by Gasteiger charge is -2.41. The van der Waals surface area contributed by atoms with Crippen LogP contribution in [0.25, 0.3) is 0 Å². The first-order valence-corrected chi connectivity index (χ1v) is 10.8. The second-order valence-electron chi connectivity index (χ2n) is 8.25. The van der Waals surface area contributed by atoms with E-state index in [0.717, 1.165) is 45.4 Å². The average Bonchev–Trinajstić information content (AvgIpc) is 2.71. The van der Waals surface area contributed by atoms with E-state index >= 15 is 0 Å². The van der Waals surface area contributed by atoms with Gasteiger partial charge >= 0.3 is 0 Å². The molecule has 2 heterocycles. The number of hydrogen-bond acceptors (Lipinski definition) is 5. The monoisotopic (exact) mass is 382 g/mol. The molecule has 2 saturated heterocycles. The SMILES string of the molecule is CCN1CCN(CCCCNC(=NC)NCC(C)(C)N2CCOCC2)CC1. The average molecular weight is 383 g/mol. The van der Waals surface area contributed by atoms with Crippen molar-refractivity contribution in [1.29, 1.82) is 0 Å². The molecule has 0 spiro atoms. The summed E-state index contributed by atoms with van der Waals surface area (Å²) in [6.07, 6.45) is 2.43. The van der Waals surface area contributed by atoms with Crippen LogP contribution in [0.1, 0.15) is 33.6 Å². The van der Waals surface area contributed by atoms with Gasteiger partial charge in [-0.15, -0.1) is 0 Å². The molecule has 0 aromatic rings. The largest absolute Gasteiger partial charge is 0.379 e. The maximum atomic E-state index is 5.47. The molecular weight excluding hydrogens is 340 g/mol. The van der Waals surface area contributed by atoms with Gasteiger partial charge in [-0.05, 0) is 39.8 Å². The van der Waals surface area contributed by atoms with Crippen molar-refractivity contribution in [2.75, 3.05) is 85.7 Å². The zero-order valence-electron chi connectivity index (χ0n) is 18.1. The Kier molecular flexibility index (Phi) is 9.82. The van der Waals surface area contributed by atoms with Gasteiger partial charge in [-0.1, -0.05) is 6.92 Å². The molecule has 0 radical (unpaired) electrons. The van der Waals surface area contributed by atoms with Crippen molar-refractivity contribution in [2.45, 2.75) is 39.2 Å². The minimum absolute atomic E-state index is 0.0992. The first kappa shape index (κ1) is 22.4. The summed E-state index contributed by atoms with van der Waals surface area (Å²) < 4.78 is 5.47. The van der Waals surface area contributed by atoms with Gasteiger partial charge in [0, 0.05) is 64.9 Å². The molecule has 2 fully saturated rings. The molecule has 0 aliphatic carbocycles. The molecule has 0 bridgehead atoms. The number of piperazine rings is 1. The number of unbranched alkanes of at least 4 members (excludes halogenated alkanes) is 1. The predicted molar refractivity (Wildman–Crippen MR) is 114 cm³/mol. The van der Waals surface area contributed by atoms with Gasteiger partial charge in [-0.3, -0.25) is 9.89 Å². The number of nitrogens with one attached hydrogen (secondary N) is 2. The smallest absolute Gasteiger partial charge is 0.191 e. The number of aliphatic imine (C=N–C) groups is 1. The number of guanidine groups is 1. The van der Waals surface area contributed by atoms with Crippen molar-refractivity contribution >= 4 is 5.96 Å². The molecule has 2 aliphatic rings. The summed E-state index contributed by atoms with van der Waals surface area (Å²) in [5.74, 6) is 0.910. The molecule has 158 valence electrons. The lowest BCUT2D eigenvalue weighted by molar-refractivity contribution is -0.00833. The van der Waals surface area contributed by atoms with E-state index in [9.17, 15) is 0 Å². The van der Waals surface area contributed by atoms with Crippen molar-refractivity contribution in [3.8, 4) is 0 Å². The number of rotatable bonds is 9. The fourth-order valence-corrected chi connectivity index (χ4v) is 3.80. The first-order valence-electron chi connectivity index (χ1n) is 10.8. The highest BCUT2D eigenvalue weighted by Gasteiger charge is 2.28. The van der Waals surface area contributed by atoms with Gasteiger partial charge in [0.1, 0.15) is 0 Å². The Morgan fingerprint density at radius 3 is 2.26 bits per heavy atom. The molecule has 2 aliphatic heterocycles. The van der Waals surface area contributed by atoms with Crippen LogP contribution in [-0.2, 0) is 4.74 Å². The summed E-state index contributed by atoms with van der Waals surface area (Å²) in [6.45, 7) is 19.7. The van der Waals surface area contributed by atoms with E-state index in [4.69, 9.17) is 4.74 Å². The van der Waals surface area contributed by atoms with Crippen LogP contribution in [-0.4, -0.2) is 112 Å². The second kappa shape index (κ2) is 11.8. The fourth-order valence-electron chi connectivity index (χ4n) is 3.80. The quantitative estimate of drug-likeness (QED) is 0.347. The minimum Gasteiger partial charge on any atom is -0.379 e. The van der Waals surface area contributed by atoms with Crippen molar-refractivity contribution in [3.63, 3.8) is 0 Å². The third-order valence-electron chi connectivity index (χ3n) is 5.88. The van der Waals surface area contributed by atoms with Gasteiger partial charge < -0.3 is 25.2 Å². The number of morpholine rings is 1. The van der Waals surface area contributed by atoms with Crippen LogP contribution in [0, 0.1) is 0 Å². The Balaban J connectivity index is 1.56. The molecule has 0 aromatic heterocycles. The van der Waals surface area contributed by atoms with Crippen molar-refractivity contribution in [2.24, 2.45) is 4.99 Å². The van der Waals surface area contributed by atoms with Gasteiger partial charge in [0.15, 0.2) is 5.96 Å². The lowest BCUT2D eigenvalue weighted by atomic mass is 10.0. The van der Waals surface area contributed by atoms with E-state index in [1.807, 2.05) is 7.05 Å². The van der Waals surface area contributed by atoms with Crippen LogP contribution in [0.4, 0.5) is 0 Å². The molecule has 7 heteroatoms. The topological polar surface area (TPSA) is 55.4 Å². The molecule has 2 rings (SSSR count). The number of ether oxygens (including phenoxy) is 1. The number of hydrogen-bond donors (Lipinski definition) is 2. The Morgan fingerprint density at radius 2 is 1.63 bits per heavy atom. The van der Waals surface area contributed by atoms with E-state index in [1.165, 1.54) is 52.1 Å². The van der Waals surface area contributed by atoms with Crippen LogP contribution in [0.5, 0.6) is 0 Å². The molecule has 0 amide bonds. The molecule has 0 unspecified atom stereocenters.